The van der Waals surface area contributed by atoms with E-state index in [4.69, 9.17) is 28.3 Å². The molecule has 2 atom stereocenters. The summed E-state index contributed by atoms with van der Waals surface area (Å²) in [5.41, 5.74) is 1.18. The van der Waals surface area contributed by atoms with Gasteiger partial charge in [-0.1, -0.05) is 23.2 Å². The van der Waals surface area contributed by atoms with E-state index in [2.05, 4.69) is 4.98 Å². The zero-order valence-electron chi connectivity index (χ0n) is 20.5. The highest BCUT2D eigenvalue weighted by Gasteiger charge is 2.34. The molecule has 11 heteroatoms. The molecule has 4 rings (SSSR count). The SMILES string of the molecule is Cc1cn(Cc2c(Cl)ccc(C(=O)N3CCC(CC(=O)O)CC3C)c2Cl)c2c(C)nc(C(F)(F)F)cc12. The van der Waals surface area contributed by atoms with Crippen molar-refractivity contribution in [1.82, 2.24) is 14.5 Å². The maximum atomic E-state index is 13.4. The third kappa shape index (κ3) is 5.43. The molecule has 0 radical (unpaired) electrons. The van der Waals surface area contributed by atoms with Gasteiger partial charge in [-0.15, -0.1) is 0 Å². The molecule has 1 N–H and O–H groups in total. The van der Waals surface area contributed by atoms with Gasteiger partial charge >= 0.3 is 12.1 Å². The second-order valence-electron chi connectivity index (χ2n) is 9.65. The van der Waals surface area contributed by atoms with Crippen molar-refractivity contribution >= 4 is 46.0 Å². The number of hydrogen-bond donors (Lipinski definition) is 1. The summed E-state index contributed by atoms with van der Waals surface area (Å²) in [5, 5.41) is 10.0. The van der Waals surface area contributed by atoms with Gasteiger partial charge in [0, 0.05) is 41.2 Å². The highest BCUT2D eigenvalue weighted by atomic mass is 35.5. The smallest absolute Gasteiger partial charge is 0.433 e. The van der Waals surface area contributed by atoms with Crippen LogP contribution in [0, 0.1) is 19.8 Å². The summed E-state index contributed by atoms with van der Waals surface area (Å²) in [5.74, 6) is -1.12. The first-order valence-electron chi connectivity index (χ1n) is 11.8. The van der Waals surface area contributed by atoms with E-state index in [1.807, 2.05) is 6.92 Å². The third-order valence-corrected chi connectivity index (χ3v) is 7.76. The number of nitrogens with zero attached hydrogens (tertiary/aromatic N) is 3. The quantitative estimate of drug-likeness (QED) is 0.378. The van der Waals surface area contributed by atoms with Gasteiger partial charge in [0.25, 0.3) is 5.91 Å². The Kier molecular flexibility index (Phi) is 7.50. The lowest BCUT2D eigenvalue weighted by atomic mass is 9.88. The van der Waals surface area contributed by atoms with Crippen LogP contribution >= 0.6 is 23.2 Å². The molecular weight excluding hydrogens is 530 g/mol. The molecule has 1 aliphatic heterocycles. The fourth-order valence-electron chi connectivity index (χ4n) is 5.20. The van der Waals surface area contributed by atoms with Crippen molar-refractivity contribution in [2.24, 2.45) is 5.92 Å². The first-order chi connectivity index (χ1) is 17.3. The zero-order valence-corrected chi connectivity index (χ0v) is 22.0. The lowest BCUT2D eigenvalue weighted by Crippen LogP contribution is -2.45. The summed E-state index contributed by atoms with van der Waals surface area (Å²) in [6.07, 6.45) is -1.61. The minimum atomic E-state index is -4.56. The Hall–Kier alpha value is -2.78. The Morgan fingerprint density at radius 3 is 2.54 bits per heavy atom. The van der Waals surface area contributed by atoms with Gasteiger partial charge in [-0.2, -0.15) is 13.2 Å². The van der Waals surface area contributed by atoms with E-state index in [1.54, 1.807) is 34.7 Å². The fraction of sp³-hybridized carbons (Fsp3) is 0.423. The molecule has 1 amide bonds. The van der Waals surface area contributed by atoms with Gasteiger partial charge in [0.2, 0.25) is 0 Å². The first kappa shape index (κ1) is 27.3. The van der Waals surface area contributed by atoms with Gasteiger partial charge in [-0.3, -0.25) is 9.59 Å². The number of carboxylic acids is 1. The van der Waals surface area contributed by atoms with Gasteiger partial charge in [-0.25, -0.2) is 4.98 Å². The van der Waals surface area contributed by atoms with E-state index in [0.29, 0.717) is 46.4 Å². The number of aromatic nitrogens is 2. The summed E-state index contributed by atoms with van der Waals surface area (Å²) >= 11 is 13.2. The zero-order chi connectivity index (χ0) is 27.2. The molecule has 1 fully saturated rings. The van der Waals surface area contributed by atoms with Crippen molar-refractivity contribution in [3.05, 3.63) is 62.5 Å². The number of halogens is 5. The summed E-state index contributed by atoms with van der Waals surface area (Å²) < 4.78 is 41.6. The van der Waals surface area contributed by atoms with E-state index in [0.717, 1.165) is 6.07 Å². The normalized spacial score (nSPS) is 18.4. The molecule has 3 heterocycles. The lowest BCUT2D eigenvalue weighted by molar-refractivity contribution is -0.141. The molecule has 2 aromatic heterocycles. The Morgan fingerprint density at radius 1 is 1.22 bits per heavy atom. The number of rotatable bonds is 5. The monoisotopic (exact) mass is 555 g/mol. The van der Waals surface area contributed by atoms with Gasteiger partial charge in [0.15, 0.2) is 0 Å². The molecule has 198 valence electrons. The largest absolute Gasteiger partial charge is 0.481 e. The third-order valence-electron chi connectivity index (χ3n) is 6.97. The molecule has 0 aliphatic carbocycles. The van der Waals surface area contributed by atoms with E-state index in [-0.39, 0.29) is 47.1 Å². The highest BCUT2D eigenvalue weighted by Crippen LogP contribution is 2.36. The molecule has 1 aliphatic rings. The van der Waals surface area contributed by atoms with Crippen LogP contribution < -0.4 is 0 Å². The number of benzene rings is 1. The van der Waals surface area contributed by atoms with Crippen LogP contribution in [0.5, 0.6) is 0 Å². The number of amides is 1. The maximum absolute atomic E-state index is 13.4. The van der Waals surface area contributed by atoms with E-state index in [1.165, 1.54) is 6.92 Å². The van der Waals surface area contributed by atoms with Crippen LogP contribution in [0.25, 0.3) is 10.9 Å². The van der Waals surface area contributed by atoms with Crippen molar-refractivity contribution < 1.29 is 27.9 Å². The van der Waals surface area contributed by atoms with Crippen molar-refractivity contribution in [3.63, 3.8) is 0 Å². The van der Waals surface area contributed by atoms with Gasteiger partial charge in [0.1, 0.15) is 5.69 Å². The molecule has 0 saturated carbocycles. The van der Waals surface area contributed by atoms with Crippen LogP contribution in [0.15, 0.2) is 24.4 Å². The molecule has 0 bridgehead atoms. The molecule has 1 aromatic carbocycles. The maximum Gasteiger partial charge on any atom is 0.433 e. The summed E-state index contributed by atoms with van der Waals surface area (Å²) in [6.45, 7) is 5.67. The topological polar surface area (TPSA) is 75.4 Å². The van der Waals surface area contributed by atoms with Crippen molar-refractivity contribution in [1.29, 1.82) is 0 Å². The van der Waals surface area contributed by atoms with Crippen LogP contribution in [0.3, 0.4) is 0 Å². The summed E-state index contributed by atoms with van der Waals surface area (Å²) in [7, 11) is 0. The molecule has 3 aromatic rings. The van der Waals surface area contributed by atoms with E-state index in [9.17, 15) is 22.8 Å². The lowest BCUT2D eigenvalue weighted by Gasteiger charge is -2.37. The van der Waals surface area contributed by atoms with Crippen LogP contribution in [-0.2, 0) is 17.5 Å². The predicted molar refractivity (Wildman–Crippen MR) is 135 cm³/mol. The van der Waals surface area contributed by atoms with E-state index < -0.39 is 17.8 Å². The van der Waals surface area contributed by atoms with Gasteiger partial charge in [0.05, 0.1) is 28.3 Å². The number of pyridine rings is 1. The number of piperidine rings is 1. The molecule has 0 spiro atoms. The number of fused-ring (bicyclic) bond motifs is 1. The Balaban J connectivity index is 1.66. The summed E-state index contributed by atoms with van der Waals surface area (Å²) in [4.78, 5) is 30.0. The second-order valence-corrected chi connectivity index (χ2v) is 10.4. The number of alkyl halides is 3. The van der Waals surface area contributed by atoms with Gasteiger partial charge in [-0.05, 0) is 63.3 Å². The van der Waals surface area contributed by atoms with Crippen molar-refractivity contribution in [3.8, 4) is 0 Å². The van der Waals surface area contributed by atoms with Crippen LogP contribution in [0.4, 0.5) is 13.2 Å². The number of aryl methyl sites for hydroxylation is 2. The molecule has 1 saturated heterocycles. The number of likely N-dealkylation sites (tertiary alicyclic amines) is 1. The van der Waals surface area contributed by atoms with Crippen LogP contribution in [-0.4, -0.2) is 44.0 Å². The predicted octanol–water partition coefficient (Wildman–Crippen LogP) is 6.74. The second kappa shape index (κ2) is 10.2. The highest BCUT2D eigenvalue weighted by molar-refractivity contribution is 6.38. The average molecular weight is 556 g/mol. The minimum Gasteiger partial charge on any atom is -0.481 e. The fourth-order valence-corrected chi connectivity index (χ4v) is 5.77. The minimum absolute atomic E-state index is 0.00720. The number of carbonyl (C=O) groups excluding carboxylic acids is 1. The average Bonchev–Trinajstić information content (AvgIpc) is 3.11. The molecule has 2 unspecified atom stereocenters. The molecule has 6 nitrogen and oxygen atoms in total. The summed E-state index contributed by atoms with van der Waals surface area (Å²) in [6, 6.07) is 4.03. The van der Waals surface area contributed by atoms with Crippen LogP contribution in [0.1, 0.15) is 59.1 Å². The Morgan fingerprint density at radius 2 is 1.92 bits per heavy atom. The number of carbonyl (C=O) groups is 2. The Labute approximate surface area is 222 Å². The van der Waals surface area contributed by atoms with Crippen molar-refractivity contribution in [2.45, 2.75) is 58.8 Å². The van der Waals surface area contributed by atoms with Crippen LogP contribution in [0.2, 0.25) is 10.0 Å². The number of carboxylic acid groups (broad SMARTS) is 1. The van der Waals surface area contributed by atoms with Crippen molar-refractivity contribution in [2.75, 3.05) is 6.54 Å². The van der Waals surface area contributed by atoms with Gasteiger partial charge < -0.3 is 14.6 Å². The molecule has 37 heavy (non-hydrogen) atoms. The van der Waals surface area contributed by atoms with E-state index >= 15 is 0 Å². The number of aliphatic carboxylic acids is 1. The first-order valence-corrected chi connectivity index (χ1v) is 12.6. The number of hydrogen-bond acceptors (Lipinski definition) is 3. The Bertz CT molecular complexity index is 1390. The molecular formula is C26H26Cl2F3N3O3. The standard InChI is InChI=1S/C26H26Cl2F3N3O3/c1-13-11-33(24-15(3)32-21(10-18(13)24)26(29,30)31)12-19-20(27)5-4-17(23(19)28)25(37)34-7-6-16(8-14(34)2)9-22(35)36/h4-5,10-11,14,16H,6-9,12H2,1-3H3,(H,35,36).